The summed E-state index contributed by atoms with van der Waals surface area (Å²) in [5, 5.41) is 10.8. The zero-order chi connectivity index (χ0) is 18.0. The molecule has 5 heteroatoms. The van der Waals surface area contributed by atoms with Crippen LogP contribution in [-0.4, -0.2) is 40.1 Å². The zero-order valence-electron chi connectivity index (χ0n) is 15.6. The highest BCUT2D eigenvalue weighted by molar-refractivity contribution is 5.92. The first kappa shape index (κ1) is 17.5. The molecule has 1 unspecified atom stereocenters. The largest absolute Gasteiger partial charge is 0.381 e. The van der Waals surface area contributed by atoms with Crippen molar-refractivity contribution in [2.24, 2.45) is 0 Å². The lowest BCUT2D eigenvalue weighted by molar-refractivity contribution is 0.0709. The summed E-state index contributed by atoms with van der Waals surface area (Å²) in [7, 11) is 0. The van der Waals surface area contributed by atoms with Crippen LogP contribution in [0.5, 0.6) is 0 Å². The second kappa shape index (κ2) is 7.30. The van der Waals surface area contributed by atoms with E-state index in [0.29, 0.717) is 11.6 Å². The van der Waals surface area contributed by atoms with Gasteiger partial charge in [0.25, 0.3) is 5.91 Å². The van der Waals surface area contributed by atoms with Gasteiger partial charge in [-0.15, -0.1) is 0 Å². The molecular weight excluding hydrogens is 312 g/mol. The first-order chi connectivity index (χ1) is 11.9. The molecule has 2 heterocycles. The smallest absolute Gasteiger partial charge is 0.274 e. The average Bonchev–Trinajstić information content (AvgIpc) is 3.08. The van der Waals surface area contributed by atoms with Crippen molar-refractivity contribution in [3.8, 4) is 0 Å². The highest BCUT2D eigenvalue weighted by Crippen LogP contribution is 2.20. The number of anilines is 1. The van der Waals surface area contributed by atoms with E-state index in [0.717, 1.165) is 37.3 Å². The Balaban J connectivity index is 1.65. The Bertz CT molecular complexity index is 750. The van der Waals surface area contributed by atoms with Crippen molar-refractivity contribution in [2.45, 2.75) is 52.5 Å². The first-order valence-electron chi connectivity index (χ1n) is 9.12. The highest BCUT2D eigenvalue weighted by atomic mass is 16.2. The van der Waals surface area contributed by atoms with E-state index in [-0.39, 0.29) is 11.9 Å². The molecule has 1 atom stereocenters. The number of hydrogen-bond acceptors (Lipinski definition) is 3. The van der Waals surface area contributed by atoms with E-state index < -0.39 is 0 Å². The van der Waals surface area contributed by atoms with Crippen LogP contribution in [-0.2, 0) is 0 Å². The van der Waals surface area contributed by atoms with Crippen LogP contribution in [0.4, 0.5) is 5.69 Å². The van der Waals surface area contributed by atoms with E-state index >= 15 is 0 Å². The van der Waals surface area contributed by atoms with E-state index in [1.54, 1.807) is 0 Å². The van der Waals surface area contributed by atoms with Gasteiger partial charge in [-0.2, -0.15) is 5.10 Å². The number of carbonyl (C=O) groups is 1. The second-order valence-corrected chi connectivity index (χ2v) is 7.40. The van der Waals surface area contributed by atoms with Gasteiger partial charge in [-0.25, -0.2) is 0 Å². The summed E-state index contributed by atoms with van der Waals surface area (Å²) in [6, 6.07) is 8.60. The molecule has 1 aromatic carbocycles. The van der Waals surface area contributed by atoms with E-state index in [9.17, 15) is 4.79 Å². The molecule has 5 nitrogen and oxygen atoms in total. The number of likely N-dealkylation sites (tertiary alicyclic amines) is 1. The minimum atomic E-state index is 0.0229. The van der Waals surface area contributed by atoms with Gasteiger partial charge in [-0.1, -0.05) is 19.9 Å². The van der Waals surface area contributed by atoms with Gasteiger partial charge in [0.2, 0.25) is 0 Å². The van der Waals surface area contributed by atoms with E-state index in [1.807, 2.05) is 11.0 Å². The predicted molar refractivity (Wildman–Crippen MR) is 101 cm³/mol. The summed E-state index contributed by atoms with van der Waals surface area (Å²) in [6.07, 6.45) is 2.09. The van der Waals surface area contributed by atoms with Crippen molar-refractivity contribution in [1.82, 2.24) is 15.1 Å². The summed E-state index contributed by atoms with van der Waals surface area (Å²) >= 11 is 0. The summed E-state index contributed by atoms with van der Waals surface area (Å²) in [5.74, 6) is 0.365. The van der Waals surface area contributed by atoms with Gasteiger partial charge in [0.05, 0.1) is 0 Å². The molecule has 1 aliphatic rings. The topological polar surface area (TPSA) is 61.0 Å². The van der Waals surface area contributed by atoms with Crippen molar-refractivity contribution in [3.05, 3.63) is 46.8 Å². The number of benzene rings is 1. The standard InChI is InChI=1S/C20H28N4O/c1-13(2)18-11-19(23-22-18)20(25)24-9-5-6-17(12-24)21-16-8-7-14(3)15(4)10-16/h7-8,10-11,13,17,21H,5-6,9,12H2,1-4H3,(H,22,23). The number of aryl methyl sites for hydroxylation is 2. The lowest BCUT2D eigenvalue weighted by atomic mass is 10.0. The summed E-state index contributed by atoms with van der Waals surface area (Å²) in [4.78, 5) is 14.7. The maximum absolute atomic E-state index is 12.7. The lowest BCUT2D eigenvalue weighted by Crippen LogP contribution is -2.45. The number of amides is 1. The van der Waals surface area contributed by atoms with E-state index in [4.69, 9.17) is 0 Å². The summed E-state index contributed by atoms with van der Waals surface area (Å²) < 4.78 is 0. The van der Waals surface area contributed by atoms with Gasteiger partial charge < -0.3 is 10.2 Å². The Morgan fingerprint density at radius 3 is 2.76 bits per heavy atom. The zero-order valence-corrected chi connectivity index (χ0v) is 15.6. The third-order valence-corrected chi connectivity index (χ3v) is 5.03. The molecule has 1 amide bonds. The molecule has 2 aromatic rings. The SMILES string of the molecule is Cc1ccc(NC2CCCN(C(=O)c3cc(C(C)C)[nH]n3)C2)cc1C. The molecule has 0 aliphatic carbocycles. The minimum Gasteiger partial charge on any atom is -0.381 e. The molecule has 1 fully saturated rings. The fraction of sp³-hybridized carbons (Fsp3) is 0.500. The molecule has 3 rings (SSSR count). The molecular formula is C20H28N4O. The number of H-pyrrole nitrogens is 1. The average molecular weight is 340 g/mol. The third kappa shape index (κ3) is 4.03. The highest BCUT2D eigenvalue weighted by Gasteiger charge is 2.26. The van der Waals surface area contributed by atoms with Gasteiger partial charge in [0.1, 0.15) is 5.69 Å². The molecule has 1 aromatic heterocycles. The molecule has 0 radical (unpaired) electrons. The van der Waals surface area contributed by atoms with Crippen LogP contribution in [0.1, 0.15) is 59.9 Å². The van der Waals surface area contributed by atoms with Gasteiger partial charge in [0, 0.05) is 30.5 Å². The van der Waals surface area contributed by atoms with Gasteiger partial charge in [-0.3, -0.25) is 9.89 Å². The first-order valence-corrected chi connectivity index (χ1v) is 9.12. The van der Waals surface area contributed by atoms with Crippen molar-refractivity contribution in [2.75, 3.05) is 18.4 Å². The Morgan fingerprint density at radius 1 is 1.28 bits per heavy atom. The van der Waals surface area contributed by atoms with Crippen LogP contribution in [0.25, 0.3) is 0 Å². The number of piperidine rings is 1. The van der Waals surface area contributed by atoms with Crippen molar-refractivity contribution in [1.29, 1.82) is 0 Å². The van der Waals surface area contributed by atoms with Gasteiger partial charge in [0.15, 0.2) is 0 Å². The number of nitrogens with one attached hydrogen (secondary N) is 2. The maximum Gasteiger partial charge on any atom is 0.274 e. The molecule has 25 heavy (non-hydrogen) atoms. The number of rotatable bonds is 4. The van der Waals surface area contributed by atoms with Crippen LogP contribution in [0.2, 0.25) is 0 Å². The van der Waals surface area contributed by atoms with Gasteiger partial charge in [-0.05, 0) is 61.9 Å². The van der Waals surface area contributed by atoms with Gasteiger partial charge >= 0.3 is 0 Å². The monoisotopic (exact) mass is 340 g/mol. The molecule has 1 saturated heterocycles. The number of aromatic amines is 1. The molecule has 2 N–H and O–H groups in total. The minimum absolute atomic E-state index is 0.0229. The Hall–Kier alpha value is -2.30. The van der Waals surface area contributed by atoms with Crippen LogP contribution >= 0.6 is 0 Å². The van der Waals surface area contributed by atoms with Crippen LogP contribution in [0.15, 0.2) is 24.3 Å². The molecule has 1 aliphatic heterocycles. The Labute approximate surface area is 149 Å². The van der Waals surface area contributed by atoms with E-state index in [1.165, 1.54) is 11.1 Å². The maximum atomic E-state index is 12.7. The molecule has 0 bridgehead atoms. The fourth-order valence-corrected chi connectivity index (χ4v) is 3.25. The number of carbonyl (C=O) groups excluding carboxylic acids is 1. The number of aromatic nitrogens is 2. The van der Waals surface area contributed by atoms with Crippen LogP contribution < -0.4 is 5.32 Å². The van der Waals surface area contributed by atoms with Crippen LogP contribution in [0, 0.1) is 13.8 Å². The molecule has 134 valence electrons. The Kier molecular flexibility index (Phi) is 5.11. The lowest BCUT2D eigenvalue weighted by Gasteiger charge is -2.33. The normalized spacial score (nSPS) is 17.8. The number of hydrogen-bond donors (Lipinski definition) is 2. The number of nitrogens with zero attached hydrogens (tertiary/aromatic N) is 2. The van der Waals surface area contributed by atoms with Crippen molar-refractivity contribution in [3.63, 3.8) is 0 Å². The molecule has 0 saturated carbocycles. The fourth-order valence-electron chi connectivity index (χ4n) is 3.25. The predicted octanol–water partition coefficient (Wildman–Crippen LogP) is 3.87. The summed E-state index contributed by atoms with van der Waals surface area (Å²) in [6.45, 7) is 9.94. The molecule has 0 spiro atoms. The summed E-state index contributed by atoms with van der Waals surface area (Å²) in [5.41, 5.74) is 5.24. The van der Waals surface area contributed by atoms with Crippen LogP contribution in [0.3, 0.4) is 0 Å². The third-order valence-electron chi connectivity index (χ3n) is 5.03. The quantitative estimate of drug-likeness (QED) is 0.888. The second-order valence-electron chi connectivity index (χ2n) is 7.40. The Morgan fingerprint density at radius 2 is 2.08 bits per heavy atom. The van der Waals surface area contributed by atoms with E-state index in [2.05, 4.69) is 61.4 Å². The van der Waals surface area contributed by atoms with Crippen molar-refractivity contribution < 1.29 is 4.79 Å². The van der Waals surface area contributed by atoms with Crippen molar-refractivity contribution >= 4 is 11.6 Å².